The van der Waals surface area contributed by atoms with Gasteiger partial charge in [0.25, 0.3) is 0 Å². The van der Waals surface area contributed by atoms with Crippen LogP contribution in [0.1, 0.15) is 34.1 Å². The highest BCUT2D eigenvalue weighted by Crippen LogP contribution is 2.14. The minimum Gasteiger partial charge on any atom is -0.299 e. The summed E-state index contributed by atoms with van der Waals surface area (Å²) in [6.07, 6.45) is 1.11. The zero-order chi connectivity index (χ0) is 8.91. The first-order valence-electron chi connectivity index (χ1n) is 4.10. The molecule has 0 saturated heterocycles. The molecule has 0 unspecified atom stereocenters. The lowest BCUT2D eigenvalue weighted by Crippen LogP contribution is -2.40. The van der Waals surface area contributed by atoms with Gasteiger partial charge in [0.05, 0.1) is 12.6 Å². The van der Waals surface area contributed by atoms with Crippen molar-refractivity contribution in [2.24, 2.45) is 5.92 Å². The molecule has 0 aromatic heterocycles. The molecule has 0 atom stereocenters. The molecule has 1 N–H and O–H groups in total. The first-order valence-corrected chi connectivity index (χ1v) is 4.10. The third-order valence-electron chi connectivity index (χ3n) is 1.56. The molecule has 64 valence electrons. The van der Waals surface area contributed by atoms with E-state index in [1.807, 2.05) is 0 Å². The number of nitriles is 1. The second-order valence-corrected chi connectivity index (χ2v) is 3.99. The summed E-state index contributed by atoms with van der Waals surface area (Å²) in [6, 6.07) is 2.09. The van der Waals surface area contributed by atoms with E-state index in [1.54, 1.807) is 0 Å². The molecule has 11 heavy (non-hydrogen) atoms. The lowest BCUT2D eigenvalue weighted by Gasteiger charge is -2.26. The van der Waals surface area contributed by atoms with Crippen LogP contribution in [0.2, 0.25) is 0 Å². The van der Waals surface area contributed by atoms with Crippen LogP contribution in [0.25, 0.3) is 0 Å². The minimum absolute atomic E-state index is 0.101. The maximum absolute atomic E-state index is 8.35. The van der Waals surface area contributed by atoms with Crippen molar-refractivity contribution in [2.45, 2.75) is 39.7 Å². The Labute approximate surface area is 69.6 Å². The van der Waals surface area contributed by atoms with Gasteiger partial charge in [0.2, 0.25) is 0 Å². The summed E-state index contributed by atoms with van der Waals surface area (Å²) in [5, 5.41) is 11.5. The minimum atomic E-state index is 0.101. The smallest absolute Gasteiger partial charge is 0.0845 e. The Morgan fingerprint density at radius 3 is 2.36 bits per heavy atom. The zero-order valence-electron chi connectivity index (χ0n) is 7.94. The van der Waals surface area contributed by atoms with Gasteiger partial charge in [-0.25, -0.2) is 0 Å². The van der Waals surface area contributed by atoms with E-state index in [0.29, 0.717) is 12.5 Å². The Hall–Kier alpha value is -0.550. The lowest BCUT2D eigenvalue weighted by atomic mass is 9.93. The molecule has 0 heterocycles. The quantitative estimate of drug-likeness (QED) is 0.628. The molecule has 0 rings (SSSR count). The summed E-state index contributed by atoms with van der Waals surface area (Å²) in [5.74, 6) is 0.677. The fraction of sp³-hybridized carbons (Fsp3) is 0.889. The molecular formula is C9H18N2. The van der Waals surface area contributed by atoms with Gasteiger partial charge >= 0.3 is 0 Å². The van der Waals surface area contributed by atoms with Crippen LogP contribution in [0.3, 0.4) is 0 Å². The summed E-state index contributed by atoms with van der Waals surface area (Å²) in [4.78, 5) is 0. The molecule has 0 spiro atoms. The van der Waals surface area contributed by atoms with Crippen LogP contribution in [0, 0.1) is 17.2 Å². The highest BCUT2D eigenvalue weighted by atomic mass is 14.9. The van der Waals surface area contributed by atoms with Gasteiger partial charge in [-0.3, -0.25) is 5.32 Å². The predicted octanol–water partition coefficient (Wildman–Crippen LogP) is 1.92. The Kier molecular flexibility index (Phi) is 4.14. The molecule has 0 aliphatic rings. The van der Waals surface area contributed by atoms with Gasteiger partial charge in [-0.2, -0.15) is 5.26 Å². The first kappa shape index (κ1) is 10.4. The summed E-state index contributed by atoms with van der Waals surface area (Å²) in [7, 11) is 0. The Bertz CT molecular complexity index is 142. The van der Waals surface area contributed by atoms with E-state index in [9.17, 15) is 0 Å². The van der Waals surface area contributed by atoms with Crippen LogP contribution in [0.15, 0.2) is 0 Å². The zero-order valence-corrected chi connectivity index (χ0v) is 7.94. The molecule has 0 amide bonds. The summed E-state index contributed by atoms with van der Waals surface area (Å²) >= 11 is 0. The van der Waals surface area contributed by atoms with Crippen molar-refractivity contribution in [3.05, 3.63) is 0 Å². The molecule has 0 bridgehead atoms. The van der Waals surface area contributed by atoms with E-state index in [4.69, 9.17) is 5.26 Å². The first-order chi connectivity index (χ1) is 4.98. The normalized spacial score (nSPS) is 11.6. The number of nitrogens with zero attached hydrogens (tertiary/aromatic N) is 1. The average Bonchev–Trinajstić information content (AvgIpc) is 1.81. The fourth-order valence-corrected chi connectivity index (χ4v) is 1.37. The van der Waals surface area contributed by atoms with Gasteiger partial charge in [0.1, 0.15) is 0 Å². The monoisotopic (exact) mass is 154 g/mol. The van der Waals surface area contributed by atoms with Crippen LogP contribution in [-0.2, 0) is 0 Å². The van der Waals surface area contributed by atoms with Crippen molar-refractivity contribution < 1.29 is 0 Å². The Morgan fingerprint density at radius 1 is 1.45 bits per heavy atom. The van der Waals surface area contributed by atoms with E-state index in [1.165, 1.54) is 0 Å². The maximum atomic E-state index is 8.35. The van der Waals surface area contributed by atoms with Crippen LogP contribution in [-0.4, -0.2) is 12.1 Å². The van der Waals surface area contributed by atoms with Crippen molar-refractivity contribution >= 4 is 0 Å². The van der Waals surface area contributed by atoms with Gasteiger partial charge < -0.3 is 0 Å². The van der Waals surface area contributed by atoms with Crippen molar-refractivity contribution in [1.82, 2.24) is 5.32 Å². The summed E-state index contributed by atoms with van der Waals surface area (Å²) in [6.45, 7) is 9.08. The average molecular weight is 154 g/mol. The van der Waals surface area contributed by atoms with E-state index in [-0.39, 0.29) is 5.54 Å². The van der Waals surface area contributed by atoms with E-state index >= 15 is 0 Å². The van der Waals surface area contributed by atoms with Gasteiger partial charge in [0, 0.05) is 5.54 Å². The van der Waals surface area contributed by atoms with Crippen LogP contribution in [0.5, 0.6) is 0 Å². The van der Waals surface area contributed by atoms with E-state index < -0.39 is 0 Å². The second-order valence-electron chi connectivity index (χ2n) is 3.99. The maximum Gasteiger partial charge on any atom is 0.0845 e. The van der Waals surface area contributed by atoms with Crippen LogP contribution >= 0.6 is 0 Å². The number of hydrogen-bond donors (Lipinski definition) is 1. The topological polar surface area (TPSA) is 35.8 Å². The number of nitrogens with one attached hydrogen (secondary N) is 1. The highest BCUT2D eigenvalue weighted by molar-refractivity contribution is 4.84. The number of hydrogen-bond acceptors (Lipinski definition) is 2. The van der Waals surface area contributed by atoms with E-state index in [2.05, 4.69) is 39.1 Å². The molecule has 0 fully saturated rings. The Balaban J connectivity index is 3.72. The van der Waals surface area contributed by atoms with Crippen molar-refractivity contribution in [1.29, 1.82) is 5.26 Å². The Morgan fingerprint density at radius 2 is 2.00 bits per heavy atom. The molecule has 2 heteroatoms. The van der Waals surface area contributed by atoms with Crippen molar-refractivity contribution in [3.63, 3.8) is 0 Å². The largest absolute Gasteiger partial charge is 0.299 e. The molecule has 2 nitrogen and oxygen atoms in total. The van der Waals surface area contributed by atoms with Crippen molar-refractivity contribution in [3.8, 4) is 6.07 Å². The third-order valence-corrected chi connectivity index (χ3v) is 1.56. The second kappa shape index (κ2) is 4.35. The molecule has 0 aromatic carbocycles. The van der Waals surface area contributed by atoms with E-state index in [0.717, 1.165) is 6.42 Å². The van der Waals surface area contributed by atoms with Crippen LogP contribution < -0.4 is 5.32 Å². The molecule has 0 aliphatic heterocycles. The lowest BCUT2D eigenvalue weighted by molar-refractivity contribution is 0.331. The number of rotatable bonds is 4. The van der Waals surface area contributed by atoms with Gasteiger partial charge in [-0.1, -0.05) is 13.8 Å². The molecule has 0 aromatic rings. The van der Waals surface area contributed by atoms with Gasteiger partial charge in [0.15, 0.2) is 0 Å². The summed E-state index contributed by atoms with van der Waals surface area (Å²) in [5.41, 5.74) is 0.101. The van der Waals surface area contributed by atoms with Crippen LogP contribution in [0.4, 0.5) is 0 Å². The van der Waals surface area contributed by atoms with Crippen molar-refractivity contribution in [2.75, 3.05) is 6.54 Å². The fourth-order valence-electron chi connectivity index (χ4n) is 1.37. The third kappa shape index (κ3) is 5.87. The van der Waals surface area contributed by atoms with Gasteiger partial charge in [-0.15, -0.1) is 0 Å². The standard InChI is InChI=1S/C9H18N2/c1-8(2)7-9(3,4)11-6-5-10/h8,11H,6-7H2,1-4H3. The molecule has 0 aliphatic carbocycles. The SMILES string of the molecule is CC(C)CC(C)(C)NCC#N. The van der Waals surface area contributed by atoms with Gasteiger partial charge in [-0.05, 0) is 26.2 Å². The molecule has 0 saturated carbocycles. The summed E-state index contributed by atoms with van der Waals surface area (Å²) < 4.78 is 0. The highest BCUT2D eigenvalue weighted by Gasteiger charge is 2.17. The molecule has 0 radical (unpaired) electrons. The molecular weight excluding hydrogens is 136 g/mol. The predicted molar refractivity (Wildman–Crippen MR) is 47.1 cm³/mol.